The summed E-state index contributed by atoms with van der Waals surface area (Å²) in [6, 6.07) is 0. The molecule has 46 valence electrons. The average Bonchev–Trinajstić information content (AvgIpc) is 1.67. The van der Waals surface area contributed by atoms with Crippen molar-refractivity contribution in [2.24, 2.45) is 5.92 Å². The molecule has 0 aromatic carbocycles. The van der Waals surface area contributed by atoms with Crippen molar-refractivity contribution in [3.63, 3.8) is 0 Å². The normalized spacial score (nSPS) is 36.4. The highest BCUT2D eigenvalue weighted by molar-refractivity contribution is 5.50. The highest BCUT2D eigenvalue weighted by atomic mass is 14.4. The van der Waals surface area contributed by atoms with Gasteiger partial charge in [-0.05, 0) is 42.7 Å². The Bertz CT molecular complexity index is 230. The second-order valence-electron chi connectivity index (χ2n) is 3.44. The number of hydrogen-bond acceptors (Lipinski definition) is 0. The van der Waals surface area contributed by atoms with E-state index in [-0.39, 0.29) is 0 Å². The Hall–Kier alpha value is -0.520. The standard InChI is InChI=1S/C9H10/c1-2-9-7(1)3-6-4-8(9)5-6/h4,6H,1-3,5H2. The van der Waals surface area contributed by atoms with Gasteiger partial charge in [-0.2, -0.15) is 0 Å². The van der Waals surface area contributed by atoms with Gasteiger partial charge < -0.3 is 0 Å². The third kappa shape index (κ3) is 0.375. The van der Waals surface area contributed by atoms with Gasteiger partial charge in [0, 0.05) is 0 Å². The molecule has 4 aliphatic carbocycles. The molecule has 0 aromatic rings. The van der Waals surface area contributed by atoms with Crippen LogP contribution >= 0.6 is 0 Å². The van der Waals surface area contributed by atoms with Gasteiger partial charge in [-0.1, -0.05) is 11.6 Å². The van der Waals surface area contributed by atoms with Gasteiger partial charge in [-0.15, -0.1) is 0 Å². The first-order valence-electron chi connectivity index (χ1n) is 3.85. The third-order valence-corrected chi connectivity index (χ3v) is 2.92. The summed E-state index contributed by atoms with van der Waals surface area (Å²) < 4.78 is 0. The maximum atomic E-state index is 2.47. The fourth-order valence-corrected chi connectivity index (χ4v) is 2.24. The molecular formula is C9H10. The molecule has 4 rings (SSSR count). The number of rotatable bonds is 0. The molecule has 0 radical (unpaired) electrons. The van der Waals surface area contributed by atoms with E-state index < -0.39 is 0 Å². The van der Waals surface area contributed by atoms with Gasteiger partial charge in [0.1, 0.15) is 0 Å². The zero-order valence-electron chi connectivity index (χ0n) is 5.48. The molecule has 0 amide bonds. The highest BCUT2D eigenvalue weighted by Crippen LogP contribution is 2.51. The number of allylic oxidation sites excluding steroid dienone is 4. The summed E-state index contributed by atoms with van der Waals surface area (Å²) in [6.45, 7) is 0. The van der Waals surface area contributed by atoms with Crippen molar-refractivity contribution in [1.29, 1.82) is 0 Å². The molecule has 1 atom stereocenters. The molecule has 0 N–H and O–H groups in total. The van der Waals surface area contributed by atoms with Crippen LogP contribution in [0.1, 0.15) is 25.7 Å². The van der Waals surface area contributed by atoms with Crippen LogP contribution in [0, 0.1) is 5.92 Å². The quantitative estimate of drug-likeness (QED) is 0.458. The fourth-order valence-electron chi connectivity index (χ4n) is 2.24. The van der Waals surface area contributed by atoms with Gasteiger partial charge in [0.15, 0.2) is 0 Å². The summed E-state index contributed by atoms with van der Waals surface area (Å²) in [5.41, 5.74) is 5.24. The van der Waals surface area contributed by atoms with Gasteiger partial charge in [0.05, 0.1) is 0 Å². The Labute approximate surface area is 55.3 Å². The summed E-state index contributed by atoms with van der Waals surface area (Å²) in [6.07, 6.45) is 8.12. The minimum absolute atomic E-state index is 0.971. The molecule has 0 heteroatoms. The lowest BCUT2D eigenvalue weighted by molar-refractivity contribution is 0.494. The minimum atomic E-state index is 0.971. The van der Waals surface area contributed by atoms with Crippen LogP contribution in [0.2, 0.25) is 0 Å². The molecule has 0 saturated heterocycles. The van der Waals surface area contributed by atoms with Crippen molar-refractivity contribution < 1.29 is 0 Å². The Morgan fingerprint density at radius 3 is 2.44 bits per heavy atom. The first kappa shape index (κ1) is 4.32. The van der Waals surface area contributed by atoms with Crippen LogP contribution in [0.5, 0.6) is 0 Å². The Kier molecular flexibility index (Phi) is 0.555. The topological polar surface area (TPSA) is 0 Å². The molecule has 0 saturated carbocycles. The average molecular weight is 118 g/mol. The van der Waals surface area contributed by atoms with E-state index >= 15 is 0 Å². The lowest BCUT2D eigenvalue weighted by Crippen LogP contribution is -2.24. The van der Waals surface area contributed by atoms with E-state index in [2.05, 4.69) is 6.08 Å². The van der Waals surface area contributed by atoms with Gasteiger partial charge in [0.2, 0.25) is 0 Å². The predicted octanol–water partition coefficient (Wildman–Crippen LogP) is 2.43. The van der Waals surface area contributed by atoms with Crippen molar-refractivity contribution in [3.8, 4) is 0 Å². The van der Waals surface area contributed by atoms with Crippen molar-refractivity contribution in [2.45, 2.75) is 25.7 Å². The first-order chi connectivity index (χ1) is 4.43. The summed E-state index contributed by atoms with van der Waals surface area (Å²) in [4.78, 5) is 0. The molecule has 0 aromatic heterocycles. The highest BCUT2D eigenvalue weighted by Gasteiger charge is 2.34. The first-order valence-corrected chi connectivity index (χ1v) is 3.85. The molecule has 4 aliphatic rings. The maximum absolute atomic E-state index is 2.47. The lowest BCUT2D eigenvalue weighted by Gasteiger charge is -2.41. The smallest absolute Gasteiger partial charge is 0.0150 e. The molecule has 1 unspecified atom stereocenters. The third-order valence-electron chi connectivity index (χ3n) is 2.92. The van der Waals surface area contributed by atoms with Crippen LogP contribution in [-0.4, -0.2) is 0 Å². The molecule has 0 nitrogen and oxygen atoms in total. The van der Waals surface area contributed by atoms with E-state index in [0.717, 1.165) is 5.92 Å². The van der Waals surface area contributed by atoms with E-state index in [1.54, 1.807) is 16.7 Å². The summed E-state index contributed by atoms with van der Waals surface area (Å²) >= 11 is 0. The predicted molar refractivity (Wildman–Crippen MR) is 37.1 cm³/mol. The van der Waals surface area contributed by atoms with E-state index in [0.29, 0.717) is 0 Å². The van der Waals surface area contributed by atoms with Gasteiger partial charge >= 0.3 is 0 Å². The van der Waals surface area contributed by atoms with Crippen molar-refractivity contribution in [2.75, 3.05) is 0 Å². The zero-order valence-corrected chi connectivity index (χ0v) is 5.48. The van der Waals surface area contributed by atoms with E-state index in [1.165, 1.54) is 25.7 Å². The lowest BCUT2D eigenvalue weighted by atomic mass is 9.64. The van der Waals surface area contributed by atoms with E-state index in [4.69, 9.17) is 0 Å². The minimum Gasteiger partial charge on any atom is -0.0773 e. The zero-order chi connectivity index (χ0) is 5.84. The maximum Gasteiger partial charge on any atom is -0.0150 e. The Balaban J connectivity index is 2.16. The summed E-state index contributed by atoms with van der Waals surface area (Å²) in [7, 11) is 0. The summed E-state index contributed by atoms with van der Waals surface area (Å²) in [5.74, 6) is 0.971. The van der Waals surface area contributed by atoms with Crippen LogP contribution in [-0.2, 0) is 0 Å². The SMILES string of the molecule is C1=C2CC1CC1=C2CC1. The van der Waals surface area contributed by atoms with Crippen LogP contribution in [0.25, 0.3) is 0 Å². The Morgan fingerprint density at radius 2 is 2.11 bits per heavy atom. The molecular weight excluding hydrogens is 108 g/mol. The van der Waals surface area contributed by atoms with Crippen LogP contribution in [0.4, 0.5) is 0 Å². The largest absolute Gasteiger partial charge is 0.0773 e. The Morgan fingerprint density at radius 1 is 1.22 bits per heavy atom. The van der Waals surface area contributed by atoms with E-state index in [1.807, 2.05) is 0 Å². The molecule has 9 heavy (non-hydrogen) atoms. The van der Waals surface area contributed by atoms with Gasteiger partial charge in [-0.25, -0.2) is 0 Å². The second-order valence-corrected chi connectivity index (χ2v) is 3.44. The molecule has 0 fully saturated rings. The van der Waals surface area contributed by atoms with Crippen LogP contribution in [0.15, 0.2) is 22.8 Å². The second kappa shape index (κ2) is 1.16. The molecule has 0 spiro atoms. The van der Waals surface area contributed by atoms with Crippen molar-refractivity contribution in [3.05, 3.63) is 22.8 Å². The van der Waals surface area contributed by atoms with Crippen molar-refractivity contribution in [1.82, 2.24) is 0 Å². The molecule has 0 aliphatic heterocycles. The molecule has 0 heterocycles. The van der Waals surface area contributed by atoms with Gasteiger partial charge in [0.25, 0.3) is 0 Å². The van der Waals surface area contributed by atoms with E-state index in [9.17, 15) is 0 Å². The van der Waals surface area contributed by atoms with Gasteiger partial charge in [-0.3, -0.25) is 0 Å². The molecule has 2 bridgehead atoms. The summed E-state index contributed by atoms with van der Waals surface area (Å²) in [5, 5.41) is 0. The van der Waals surface area contributed by atoms with Crippen molar-refractivity contribution >= 4 is 0 Å². The fraction of sp³-hybridized carbons (Fsp3) is 0.556. The van der Waals surface area contributed by atoms with Crippen LogP contribution < -0.4 is 0 Å². The monoisotopic (exact) mass is 118 g/mol. The number of hydrogen-bond donors (Lipinski definition) is 0. The van der Waals surface area contributed by atoms with Crippen LogP contribution in [0.3, 0.4) is 0 Å².